The summed E-state index contributed by atoms with van der Waals surface area (Å²) in [5.74, 6) is -0.227. The Labute approximate surface area is 189 Å². The number of aromatic amines is 1. The summed E-state index contributed by atoms with van der Waals surface area (Å²) in [6.45, 7) is 0.342. The molecule has 9 nitrogen and oxygen atoms in total. The molecule has 0 unspecified atom stereocenters. The van der Waals surface area contributed by atoms with Crippen LogP contribution in [-0.4, -0.2) is 40.0 Å². The summed E-state index contributed by atoms with van der Waals surface area (Å²) >= 11 is 0. The quantitative estimate of drug-likeness (QED) is 0.363. The molecule has 5 aromatic rings. The second kappa shape index (κ2) is 7.40. The van der Waals surface area contributed by atoms with E-state index in [1.807, 2.05) is 28.8 Å². The van der Waals surface area contributed by atoms with Crippen LogP contribution in [0.5, 0.6) is 0 Å². The highest BCUT2D eigenvalue weighted by molar-refractivity contribution is 5.92. The van der Waals surface area contributed by atoms with E-state index in [0.29, 0.717) is 40.3 Å². The van der Waals surface area contributed by atoms with E-state index >= 15 is 0 Å². The maximum atomic E-state index is 13.8. The minimum Gasteiger partial charge on any atom is -0.350 e. The van der Waals surface area contributed by atoms with Gasteiger partial charge in [0.05, 0.1) is 24.1 Å². The van der Waals surface area contributed by atoms with Gasteiger partial charge in [-0.3, -0.25) is 13.9 Å². The molecule has 0 atom stereocenters. The molecule has 12 heteroatoms. The number of aryl methyl sites for hydroxylation is 1. The fourth-order valence-corrected chi connectivity index (χ4v) is 4.26. The second-order valence-electron chi connectivity index (χ2n) is 8.02. The molecule has 1 aliphatic rings. The first-order valence-electron chi connectivity index (χ1n) is 10.6. The topological polar surface area (TPSA) is 106 Å². The Kier molecular flexibility index (Phi) is 4.44. The van der Waals surface area contributed by atoms with Crippen molar-refractivity contribution in [3.63, 3.8) is 0 Å². The number of amides is 1. The lowest BCUT2D eigenvalue weighted by atomic mass is 10.1. The van der Waals surface area contributed by atoms with E-state index in [1.54, 1.807) is 0 Å². The molecule has 4 bridgehead atoms. The van der Waals surface area contributed by atoms with Crippen LogP contribution < -0.4 is 5.32 Å². The Hall–Kier alpha value is -4.22. The Morgan fingerprint density at radius 2 is 2.00 bits per heavy atom. The predicted octanol–water partition coefficient (Wildman–Crippen LogP) is 3.56. The lowest BCUT2D eigenvalue weighted by Gasteiger charge is -2.08. The minimum absolute atomic E-state index is 0.0945. The number of carbonyl (C=O) groups is 1. The van der Waals surface area contributed by atoms with Gasteiger partial charge in [0.15, 0.2) is 11.3 Å². The monoisotopic (exact) mass is 466 g/mol. The van der Waals surface area contributed by atoms with Crippen LogP contribution in [0.2, 0.25) is 0 Å². The zero-order chi connectivity index (χ0) is 23.4. The first kappa shape index (κ1) is 20.4. The van der Waals surface area contributed by atoms with Gasteiger partial charge in [-0.05, 0) is 18.6 Å². The van der Waals surface area contributed by atoms with E-state index < -0.39 is 11.9 Å². The van der Waals surface area contributed by atoms with Gasteiger partial charge in [0.25, 0.3) is 0 Å². The molecule has 0 saturated carbocycles. The third-order valence-electron chi connectivity index (χ3n) is 5.79. The summed E-state index contributed by atoms with van der Waals surface area (Å²) in [4.78, 5) is 29.1. The van der Waals surface area contributed by atoms with Crippen molar-refractivity contribution in [1.29, 1.82) is 0 Å². The van der Waals surface area contributed by atoms with Gasteiger partial charge in [0.1, 0.15) is 16.9 Å². The van der Waals surface area contributed by atoms with Crippen molar-refractivity contribution in [1.82, 2.24) is 39.4 Å². The number of nitrogens with zero attached hydrogens (tertiary/aromatic N) is 6. The van der Waals surface area contributed by atoms with Crippen molar-refractivity contribution in [2.45, 2.75) is 32.1 Å². The third-order valence-corrected chi connectivity index (χ3v) is 5.79. The van der Waals surface area contributed by atoms with Crippen LogP contribution in [0.15, 0.2) is 43.0 Å². The molecule has 2 N–H and O–H groups in total. The van der Waals surface area contributed by atoms with Crippen molar-refractivity contribution < 1.29 is 18.0 Å². The molecule has 0 spiro atoms. The number of nitrogens with one attached hydrogen (secondary N) is 2. The summed E-state index contributed by atoms with van der Waals surface area (Å²) in [6, 6.07) is 5.50. The highest BCUT2D eigenvalue weighted by atomic mass is 19.4. The van der Waals surface area contributed by atoms with Crippen molar-refractivity contribution in [2.75, 3.05) is 0 Å². The first-order chi connectivity index (χ1) is 16.4. The van der Waals surface area contributed by atoms with Gasteiger partial charge in [-0.15, -0.1) is 0 Å². The van der Waals surface area contributed by atoms with Crippen molar-refractivity contribution in [3.8, 4) is 22.5 Å². The number of aromatic nitrogens is 7. The molecule has 5 aromatic heterocycles. The Bertz CT molecular complexity index is 1560. The van der Waals surface area contributed by atoms with Crippen LogP contribution >= 0.6 is 0 Å². The second-order valence-corrected chi connectivity index (χ2v) is 8.02. The zero-order valence-electron chi connectivity index (χ0n) is 17.6. The van der Waals surface area contributed by atoms with Gasteiger partial charge < -0.3 is 10.3 Å². The predicted molar refractivity (Wildman–Crippen MR) is 115 cm³/mol. The van der Waals surface area contributed by atoms with E-state index in [-0.39, 0.29) is 36.5 Å². The highest BCUT2D eigenvalue weighted by Crippen LogP contribution is 2.38. The Morgan fingerprint density at radius 1 is 1.12 bits per heavy atom. The van der Waals surface area contributed by atoms with Crippen LogP contribution in [-0.2, 0) is 24.1 Å². The molecule has 0 saturated heterocycles. The molecule has 0 radical (unpaired) electrons. The van der Waals surface area contributed by atoms with Crippen molar-refractivity contribution in [3.05, 3.63) is 54.4 Å². The fraction of sp³-hybridized carbons (Fsp3) is 0.227. The van der Waals surface area contributed by atoms with E-state index in [0.717, 1.165) is 0 Å². The third kappa shape index (κ3) is 3.29. The number of fused-ring (bicyclic) bond motifs is 8. The maximum absolute atomic E-state index is 13.8. The van der Waals surface area contributed by atoms with Gasteiger partial charge in [0, 0.05) is 42.7 Å². The van der Waals surface area contributed by atoms with Crippen LogP contribution in [0.3, 0.4) is 0 Å². The largest absolute Gasteiger partial charge is 0.435 e. The standard InChI is InChI=1S/C22H17F3N8O/c23-22(24,25)20-13-11-32(31-20)6-3-5-17(34)26-9-14-19(33-7-2-1-4-16(33)29-14)15-10-28-21-18(30-15)12(13)8-27-21/h1-2,4,7-8,10-11H,3,5-6,9H2,(H,26,34)(H,27,28). The molecule has 1 amide bonds. The fourth-order valence-electron chi connectivity index (χ4n) is 4.26. The number of alkyl halides is 3. The first-order valence-corrected chi connectivity index (χ1v) is 10.6. The average molecular weight is 466 g/mol. The van der Waals surface area contributed by atoms with Crippen LogP contribution in [0, 0.1) is 0 Å². The molecule has 1 aliphatic heterocycles. The Balaban J connectivity index is 1.63. The van der Waals surface area contributed by atoms with Crippen LogP contribution in [0.25, 0.3) is 39.3 Å². The number of imidazole rings is 1. The molecule has 6 rings (SSSR count). The summed E-state index contributed by atoms with van der Waals surface area (Å²) < 4.78 is 44.6. The van der Waals surface area contributed by atoms with Gasteiger partial charge in [0.2, 0.25) is 5.91 Å². The van der Waals surface area contributed by atoms with Crippen LogP contribution in [0.4, 0.5) is 13.2 Å². The van der Waals surface area contributed by atoms with Gasteiger partial charge in [-0.1, -0.05) is 6.07 Å². The van der Waals surface area contributed by atoms with E-state index in [4.69, 9.17) is 4.98 Å². The van der Waals surface area contributed by atoms with Crippen molar-refractivity contribution >= 4 is 22.7 Å². The zero-order valence-corrected chi connectivity index (χ0v) is 17.6. The number of H-pyrrole nitrogens is 1. The Morgan fingerprint density at radius 3 is 2.85 bits per heavy atom. The highest BCUT2D eigenvalue weighted by Gasteiger charge is 2.38. The summed E-state index contributed by atoms with van der Waals surface area (Å²) in [6.07, 6.45) is 1.97. The number of carbonyl (C=O) groups excluding carboxylic acids is 1. The van der Waals surface area contributed by atoms with Crippen LogP contribution in [0.1, 0.15) is 24.2 Å². The molecular weight excluding hydrogens is 449 g/mol. The average Bonchev–Trinajstić information content (AvgIpc) is 3.50. The lowest BCUT2D eigenvalue weighted by Crippen LogP contribution is -2.23. The molecule has 0 aliphatic carbocycles. The summed E-state index contributed by atoms with van der Waals surface area (Å²) in [5, 5.41) is 6.63. The number of rotatable bonds is 0. The summed E-state index contributed by atoms with van der Waals surface area (Å²) in [5.41, 5.74) is 2.07. The van der Waals surface area contributed by atoms with E-state index in [2.05, 4.69) is 25.4 Å². The van der Waals surface area contributed by atoms with E-state index in [1.165, 1.54) is 23.3 Å². The maximum Gasteiger partial charge on any atom is 0.435 e. The number of hydrogen-bond acceptors (Lipinski definition) is 5. The van der Waals surface area contributed by atoms with Gasteiger partial charge in [-0.2, -0.15) is 18.3 Å². The number of halogens is 3. The lowest BCUT2D eigenvalue weighted by molar-refractivity contribution is -0.141. The molecule has 0 aromatic carbocycles. The SMILES string of the molecule is O=C1CCCn2cc(c(C(F)(F)F)n2)-c2c[nH]c3ncc(nc23)-c2c(nc3ccccn23)CN1. The molecular formula is C22H17F3N8O. The number of hydrogen-bond donors (Lipinski definition) is 2. The normalized spacial score (nSPS) is 14.7. The molecule has 0 fully saturated rings. The molecule has 172 valence electrons. The van der Waals surface area contributed by atoms with Gasteiger partial charge >= 0.3 is 6.18 Å². The van der Waals surface area contributed by atoms with Crippen molar-refractivity contribution in [2.24, 2.45) is 0 Å². The summed E-state index contributed by atoms with van der Waals surface area (Å²) in [7, 11) is 0. The van der Waals surface area contributed by atoms with E-state index in [9.17, 15) is 18.0 Å². The smallest absolute Gasteiger partial charge is 0.350 e. The molecule has 6 heterocycles. The minimum atomic E-state index is -4.66. The molecule has 34 heavy (non-hydrogen) atoms. The number of pyridine rings is 1. The van der Waals surface area contributed by atoms with Gasteiger partial charge in [-0.25, -0.2) is 15.0 Å².